The molecular formula is C13H15ClN2O. The highest BCUT2D eigenvalue weighted by Gasteiger charge is 2.44. The minimum atomic E-state index is -0.633. The molecule has 0 aliphatic carbocycles. The summed E-state index contributed by atoms with van der Waals surface area (Å²) < 4.78 is 0. The van der Waals surface area contributed by atoms with Crippen LogP contribution in [0.1, 0.15) is 19.4 Å². The molecule has 0 aromatic heterocycles. The van der Waals surface area contributed by atoms with Crippen LogP contribution in [-0.4, -0.2) is 23.8 Å². The van der Waals surface area contributed by atoms with E-state index in [1.165, 1.54) is 0 Å². The average molecular weight is 251 g/mol. The van der Waals surface area contributed by atoms with Crippen molar-refractivity contribution in [1.82, 2.24) is 0 Å². The van der Waals surface area contributed by atoms with E-state index in [4.69, 9.17) is 16.9 Å². The predicted octanol–water partition coefficient (Wildman–Crippen LogP) is 2.42. The summed E-state index contributed by atoms with van der Waals surface area (Å²) in [5, 5.41) is 19.8. The summed E-state index contributed by atoms with van der Waals surface area (Å²) in [4.78, 5) is 2.01. The van der Waals surface area contributed by atoms with Crippen molar-refractivity contribution >= 4 is 17.3 Å². The zero-order valence-corrected chi connectivity index (χ0v) is 10.7. The van der Waals surface area contributed by atoms with Crippen LogP contribution >= 0.6 is 11.6 Å². The number of halogens is 1. The molecule has 0 saturated carbocycles. The first-order chi connectivity index (χ1) is 7.96. The van der Waals surface area contributed by atoms with E-state index in [2.05, 4.69) is 6.07 Å². The van der Waals surface area contributed by atoms with Crippen LogP contribution < -0.4 is 4.90 Å². The van der Waals surface area contributed by atoms with Gasteiger partial charge in [0.05, 0.1) is 11.3 Å². The molecule has 17 heavy (non-hydrogen) atoms. The first-order valence-electron chi connectivity index (χ1n) is 5.63. The van der Waals surface area contributed by atoms with Gasteiger partial charge in [-0.05, 0) is 24.1 Å². The van der Waals surface area contributed by atoms with E-state index in [0.29, 0.717) is 23.7 Å². The van der Waals surface area contributed by atoms with E-state index in [0.717, 1.165) is 5.69 Å². The van der Waals surface area contributed by atoms with Crippen molar-refractivity contribution in [3.63, 3.8) is 0 Å². The topological polar surface area (TPSA) is 47.3 Å². The maximum absolute atomic E-state index is 10.2. The first kappa shape index (κ1) is 12.2. The lowest BCUT2D eigenvalue weighted by Crippen LogP contribution is -2.64. The van der Waals surface area contributed by atoms with Crippen molar-refractivity contribution in [3.8, 4) is 6.07 Å². The van der Waals surface area contributed by atoms with Gasteiger partial charge in [0.2, 0.25) is 0 Å². The lowest BCUT2D eigenvalue weighted by Gasteiger charge is -2.50. The number of anilines is 1. The summed E-state index contributed by atoms with van der Waals surface area (Å²) in [6.45, 7) is 5.15. The maximum Gasteiger partial charge on any atom is 0.102 e. The van der Waals surface area contributed by atoms with Gasteiger partial charge in [-0.1, -0.05) is 25.4 Å². The van der Waals surface area contributed by atoms with Crippen LogP contribution in [0.4, 0.5) is 5.69 Å². The normalized spacial score (nSPS) is 17.8. The zero-order valence-electron chi connectivity index (χ0n) is 9.94. The third-order valence-electron chi connectivity index (χ3n) is 3.42. The van der Waals surface area contributed by atoms with Gasteiger partial charge in [-0.15, -0.1) is 0 Å². The summed E-state index contributed by atoms with van der Waals surface area (Å²) in [6, 6.07) is 7.39. The number of benzene rings is 1. The van der Waals surface area contributed by atoms with Gasteiger partial charge >= 0.3 is 0 Å². The molecule has 1 N–H and O–H groups in total. The summed E-state index contributed by atoms with van der Waals surface area (Å²) in [6.07, 6.45) is 0. The Kier molecular flexibility index (Phi) is 3.03. The van der Waals surface area contributed by atoms with Crippen LogP contribution in [0.3, 0.4) is 0 Å². The predicted molar refractivity (Wildman–Crippen MR) is 68.2 cm³/mol. The Balaban J connectivity index is 2.20. The molecule has 0 radical (unpaired) electrons. The van der Waals surface area contributed by atoms with Gasteiger partial charge in [0.25, 0.3) is 0 Å². The monoisotopic (exact) mass is 250 g/mol. The molecule has 1 saturated heterocycles. The molecule has 0 amide bonds. The lowest BCUT2D eigenvalue weighted by atomic mass is 9.82. The standard InChI is InChI=1S/C13H15ClN2O/c1-9(2)13(17)7-16(8-13)12-4-3-11(14)5-10(12)6-15/h3-5,9,17H,7-8H2,1-2H3. The fraction of sp³-hybridized carbons (Fsp3) is 0.462. The van der Waals surface area contributed by atoms with Gasteiger partial charge in [0, 0.05) is 18.1 Å². The van der Waals surface area contributed by atoms with Crippen molar-refractivity contribution in [2.24, 2.45) is 5.92 Å². The Hall–Kier alpha value is -1.24. The second kappa shape index (κ2) is 4.21. The highest BCUT2D eigenvalue weighted by atomic mass is 35.5. The molecule has 4 heteroatoms. The first-order valence-corrected chi connectivity index (χ1v) is 6.01. The van der Waals surface area contributed by atoms with Crippen molar-refractivity contribution in [1.29, 1.82) is 5.26 Å². The number of β-amino-alcohol motifs (C(OH)–C–C–N with tert-alkyl or cyclic N) is 1. The Morgan fingerprint density at radius 1 is 1.47 bits per heavy atom. The van der Waals surface area contributed by atoms with Gasteiger partial charge < -0.3 is 10.0 Å². The van der Waals surface area contributed by atoms with E-state index in [1.807, 2.05) is 24.8 Å². The number of nitrogens with zero attached hydrogens (tertiary/aromatic N) is 2. The molecule has 3 nitrogen and oxygen atoms in total. The second-order valence-electron chi connectivity index (χ2n) is 4.89. The molecule has 90 valence electrons. The SMILES string of the molecule is CC(C)C1(O)CN(c2ccc(Cl)cc2C#N)C1. The highest BCUT2D eigenvalue weighted by Crippen LogP contribution is 2.35. The molecule has 1 aliphatic rings. The Morgan fingerprint density at radius 3 is 2.65 bits per heavy atom. The Bertz CT molecular complexity index is 473. The molecule has 1 fully saturated rings. The molecular weight excluding hydrogens is 236 g/mol. The summed E-state index contributed by atoms with van der Waals surface area (Å²) in [5.41, 5.74) is 0.775. The number of nitriles is 1. The van der Waals surface area contributed by atoms with E-state index in [-0.39, 0.29) is 5.92 Å². The molecule has 1 aliphatic heterocycles. The maximum atomic E-state index is 10.2. The van der Waals surface area contributed by atoms with E-state index >= 15 is 0 Å². The van der Waals surface area contributed by atoms with Crippen LogP contribution in [0.25, 0.3) is 0 Å². The lowest BCUT2D eigenvalue weighted by molar-refractivity contribution is -0.0300. The van der Waals surface area contributed by atoms with Gasteiger partial charge in [-0.25, -0.2) is 0 Å². The van der Waals surface area contributed by atoms with Crippen LogP contribution in [0, 0.1) is 17.2 Å². The Labute approximate surface area is 106 Å². The molecule has 1 aromatic carbocycles. The van der Waals surface area contributed by atoms with E-state index < -0.39 is 5.60 Å². The second-order valence-corrected chi connectivity index (χ2v) is 5.32. The number of rotatable bonds is 2. The number of hydrogen-bond donors (Lipinski definition) is 1. The number of aliphatic hydroxyl groups is 1. The molecule has 0 atom stereocenters. The van der Waals surface area contributed by atoms with Crippen LogP contribution in [0.15, 0.2) is 18.2 Å². The van der Waals surface area contributed by atoms with Crippen molar-refractivity contribution in [2.75, 3.05) is 18.0 Å². The fourth-order valence-electron chi connectivity index (χ4n) is 2.02. The molecule has 0 spiro atoms. The highest BCUT2D eigenvalue weighted by molar-refractivity contribution is 6.30. The van der Waals surface area contributed by atoms with E-state index in [1.54, 1.807) is 12.1 Å². The molecule has 2 rings (SSSR count). The van der Waals surface area contributed by atoms with Crippen LogP contribution in [-0.2, 0) is 0 Å². The van der Waals surface area contributed by atoms with Crippen molar-refractivity contribution < 1.29 is 5.11 Å². The third kappa shape index (κ3) is 2.11. The number of hydrogen-bond acceptors (Lipinski definition) is 3. The Morgan fingerprint density at radius 2 is 2.12 bits per heavy atom. The zero-order chi connectivity index (χ0) is 12.6. The quantitative estimate of drug-likeness (QED) is 0.877. The smallest absolute Gasteiger partial charge is 0.102 e. The van der Waals surface area contributed by atoms with E-state index in [9.17, 15) is 5.11 Å². The van der Waals surface area contributed by atoms with Gasteiger partial charge in [0.1, 0.15) is 11.7 Å². The van der Waals surface area contributed by atoms with Crippen molar-refractivity contribution in [3.05, 3.63) is 28.8 Å². The molecule has 1 aromatic rings. The van der Waals surface area contributed by atoms with Gasteiger partial charge in [-0.3, -0.25) is 0 Å². The molecule has 0 unspecified atom stereocenters. The largest absolute Gasteiger partial charge is 0.386 e. The molecule has 0 bridgehead atoms. The summed E-state index contributed by atoms with van der Waals surface area (Å²) >= 11 is 5.85. The summed E-state index contributed by atoms with van der Waals surface area (Å²) in [5.74, 6) is 0.219. The van der Waals surface area contributed by atoms with Gasteiger partial charge in [0.15, 0.2) is 0 Å². The molecule has 1 heterocycles. The summed E-state index contributed by atoms with van der Waals surface area (Å²) in [7, 11) is 0. The average Bonchev–Trinajstić information content (AvgIpc) is 2.24. The minimum absolute atomic E-state index is 0.219. The van der Waals surface area contributed by atoms with Crippen LogP contribution in [0.5, 0.6) is 0 Å². The van der Waals surface area contributed by atoms with Crippen LogP contribution in [0.2, 0.25) is 5.02 Å². The minimum Gasteiger partial charge on any atom is -0.386 e. The third-order valence-corrected chi connectivity index (χ3v) is 3.66. The fourth-order valence-corrected chi connectivity index (χ4v) is 2.20. The van der Waals surface area contributed by atoms with Gasteiger partial charge in [-0.2, -0.15) is 5.26 Å². The van der Waals surface area contributed by atoms with Crippen molar-refractivity contribution in [2.45, 2.75) is 19.4 Å².